The Morgan fingerprint density at radius 2 is 1.89 bits per heavy atom. The number of carbonyl (C=O) groups excluding carboxylic acids is 1. The van der Waals surface area contributed by atoms with E-state index in [2.05, 4.69) is 4.90 Å². The summed E-state index contributed by atoms with van der Waals surface area (Å²) in [4.78, 5) is 23.6. The SMILES string of the molecule is CCN(CCOC(=O)CCC(=O)O)c1ccccc1. The number of carboxylic acid groups (broad SMARTS) is 1. The minimum absolute atomic E-state index is 0.0766. The van der Waals surface area contributed by atoms with Crippen LogP contribution in [0.3, 0.4) is 0 Å². The molecule has 0 amide bonds. The average molecular weight is 265 g/mol. The second kappa shape index (κ2) is 8.13. The topological polar surface area (TPSA) is 66.8 Å². The second-order valence-corrected chi connectivity index (χ2v) is 4.03. The monoisotopic (exact) mass is 265 g/mol. The van der Waals surface area contributed by atoms with Gasteiger partial charge in [0.05, 0.1) is 19.4 Å². The van der Waals surface area contributed by atoms with Gasteiger partial charge in [-0.3, -0.25) is 9.59 Å². The van der Waals surface area contributed by atoms with Crippen molar-refractivity contribution >= 4 is 17.6 Å². The van der Waals surface area contributed by atoms with Crippen molar-refractivity contribution in [2.45, 2.75) is 19.8 Å². The van der Waals surface area contributed by atoms with Gasteiger partial charge in [-0.15, -0.1) is 0 Å². The summed E-state index contributed by atoms with van der Waals surface area (Å²) in [5, 5.41) is 8.45. The lowest BCUT2D eigenvalue weighted by molar-refractivity contribution is -0.147. The minimum atomic E-state index is -0.989. The van der Waals surface area contributed by atoms with E-state index >= 15 is 0 Å². The zero-order valence-electron chi connectivity index (χ0n) is 11.0. The van der Waals surface area contributed by atoms with E-state index in [1.54, 1.807) is 0 Å². The molecule has 0 aromatic heterocycles. The summed E-state index contributed by atoms with van der Waals surface area (Å²) >= 11 is 0. The van der Waals surface area contributed by atoms with Crippen LogP contribution in [0.1, 0.15) is 19.8 Å². The van der Waals surface area contributed by atoms with Gasteiger partial charge in [-0.2, -0.15) is 0 Å². The van der Waals surface area contributed by atoms with Crippen molar-refractivity contribution in [1.29, 1.82) is 0 Å². The van der Waals surface area contributed by atoms with Gasteiger partial charge in [-0.25, -0.2) is 0 Å². The van der Waals surface area contributed by atoms with Gasteiger partial charge in [0.1, 0.15) is 6.61 Å². The van der Waals surface area contributed by atoms with Crippen LogP contribution in [0.2, 0.25) is 0 Å². The van der Waals surface area contributed by atoms with Crippen molar-refractivity contribution in [2.24, 2.45) is 0 Å². The molecule has 0 fully saturated rings. The zero-order chi connectivity index (χ0) is 14.1. The molecule has 0 radical (unpaired) electrons. The highest BCUT2D eigenvalue weighted by atomic mass is 16.5. The van der Waals surface area contributed by atoms with Gasteiger partial charge in [-0.05, 0) is 19.1 Å². The molecule has 0 heterocycles. The molecule has 0 unspecified atom stereocenters. The van der Waals surface area contributed by atoms with E-state index in [0.717, 1.165) is 12.2 Å². The Morgan fingerprint density at radius 1 is 1.21 bits per heavy atom. The number of carboxylic acids is 1. The van der Waals surface area contributed by atoms with Crippen molar-refractivity contribution in [3.63, 3.8) is 0 Å². The molecule has 104 valence electrons. The summed E-state index contributed by atoms with van der Waals surface area (Å²) in [5.41, 5.74) is 1.08. The number of aliphatic carboxylic acids is 1. The number of esters is 1. The van der Waals surface area contributed by atoms with Gasteiger partial charge < -0.3 is 14.7 Å². The highest BCUT2D eigenvalue weighted by molar-refractivity contribution is 5.76. The fraction of sp³-hybridized carbons (Fsp3) is 0.429. The summed E-state index contributed by atoms with van der Waals surface area (Å²) in [6.45, 7) is 3.70. The molecule has 0 aliphatic rings. The van der Waals surface area contributed by atoms with Gasteiger partial charge in [0.2, 0.25) is 0 Å². The van der Waals surface area contributed by atoms with E-state index in [4.69, 9.17) is 9.84 Å². The molecule has 0 bridgehead atoms. The summed E-state index contributed by atoms with van der Waals surface area (Å²) in [7, 11) is 0. The lowest BCUT2D eigenvalue weighted by atomic mass is 10.3. The summed E-state index contributed by atoms with van der Waals surface area (Å²) in [6, 6.07) is 9.85. The molecule has 1 aromatic rings. The predicted molar refractivity (Wildman–Crippen MR) is 72.2 cm³/mol. The molecule has 1 aromatic carbocycles. The third-order valence-corrected chi connectivity index (χ3v) is 2.67. The first-order valence-electron chi connectivity index (χ1n) is 6.31. The largest absolute Gasteiger partial charge is 0.481 e. The highest BCUT2D eigenvalue weighted by Crippen LogP contribution is 2.12. The van der Waals surface area contributed by atoms with E-state index in [9.17, 15) is 9.59 Å². The standard InChI is InChI=1S/C14H19NO4/c1-2-15(12-6-4-3-5-7-12)10-11-19-14(18)9-8-13(16)17/h3-7H,2,8-11H2,1H3,(H,16,17). The van der Waals surface area contributed by atoms with E-state index < -0.39 is 11.9 Å². The van der Waals surface area contributed by atoms with Gasteiger partial charge >= 0.3 is 11.9 Å². The van der Waals surface area contributed by atoms with Crippen LogP contribution >= 0.6 is 0 Å². The Bertz CT molecular complexity index is 405. The van der Waals surface area contributed by atoms with Crippen LogP contribution in [0.25, 0.3) is 0 Å². The Balaban J connectivity index is 2.31. The zero-order valence-corrected chi connectivity index (χ0v) is 11.0. The number of anilines is 1. The van der Waals surface area contributed by atoms with E-state index in [0.29, 0.717) is 6.54 Å². The molecular weight excluding hydrogens is 246 g/mol. The number of para-hydroxylation sites is 1. The highest BCUT2D eigenvalue weighted by Gasteiger charge is 2.08. The van der Waals surface area contributed by atoms with E-state index in [1.165, 1.54) is 0 Å². The van der Waals surface area contributed by atoms with Gasteiger partial charge in [0.15, 0.2) is 0 Å². The Kier molecular flexibility index (Phi) is 6.43. The second-order valence-electron chi connectivity index (χ2n) is 4.03. The van der Waals surface area contributed by atoms with Gasteiger partial charge in [0, 0.05) is 12.2 Å². The number of carbonyl (C=O) groups is 2. The molecule has 19 heavy (non-hydrogen) atoms. The van der Waals surface area contributed by atoms with Crippen LogP contribution in [0.15, 0.2) is 30.3 Å². The fourth-order valence-corrected chi connectivity index (χ4v) is 1.66. The Labute approximate surface area is 112 Å². The van der Waals surface area contributed by atoms with Gasteiger partial charge in [0.25, 0.3) is 0 Å². The minimum Gasteiger partial charge on any atom is -0.481 e. The maximum atomic E-state index is 11.2. The molecule has 0 atom stereocenters. The van der Waals surface area contributed by atoms with E-state index in [1.807, 2.05) is 37.3 Å². The van der Waals surface area contributed by atoms with Crippen molar-refractivity contribution in [3.05, 3.63) is 30.3 Å². The Morgan fingerprint density at radius 3 is 2.47 bits per heavy atom. The number of nitrogens with zero attached hydrogens (tertiary/aromatic N) is 1. The van der Waals surface area contributed by atoms with Crippen LogP contribution in [0, 0.1) is 0 Å². The number of rotatable bonds is 8. The molecular formula is C14H19NO4. The molecule has 5 heteroatoms. The fourth-order valence-electron chi connectivity index (χ4n) is 1.66. The van der Waals surface area contributed by atoms with Crippen molar-refractivity contribution in [3.8, 4) is 0 Å². The molecule has 0 aliphatic carbocycles. The molecule has 1 rings (SSSR count). The molecule has 1 N–H and O–H groups in total. The number of hydrogen-bond donors (Lipinski definition) is 1. The lowest BCUT2D eigenvalue weighted by Crippen LogP contribution is -2.28. The number of benzene rings is 1. The first-order chi connectivity index (χ1) is 9.13. The summed E-state index contributed by atoms with van der Waals surface area (Å²) in [5.74, 6) is -1.46. The van der Waals surface area contributed by atoms with Crippen LogP contribution in [0.4, 0.5) is 5.69 Å². The third-order valence-electron chi connectivity index (χ3n) is 2.67. The first kappa shape index (κ1) is 15.0. The van der Waals surface area contributed by atoms with Crippen LogP contribution in [-0.4, -0.2) is 36.7 Å². The summed E-state index contributed by atoms with van der Waals surface area (Å²) < 4.78 is 5.00. The van der Waals surface area contributed by atoms with Gasteiger partial charge in [-0.1, -0.05) is 18.2 Å². The lowest BCUT2D eigenvalue weighted by Gasteiger charge is -2.22. The maximum absolute atomic E-state index is 11.2. The van der Waals surface area contributed by atoms with Crippen molar-refractivity contribution in [1.82, 2.24) is 0 Å². The molecule has 0 saturated carbocycles. The average Bonchev–Trinajstić information content (AvgIpc) is 2.42. The smallest absolute Gasteiger partial charge is 0.306 e. The number of ether oxygens (including phenoxy) is 1. The molecule has 0 spiro atoms. The maximum Gasteiger partial charge on any atom is 0.306 e. The predicted octanol–water partition coefficient (Wildman–Crippen LogP) is 1.92. The van der Waals surface area contributed by atoms with Crippen LogP contribution in [0.5, 0.6) is 0 Å². The van der Waals surface area contributed by atoms with Crippen LogP contribution < -0.4 is 4.90 Å². The molecule has 5 nitrogen and oxygen atoms in total. The van der Waals surface area contributed by atoms with Crippen molar-refractivity contribution < 1.29 is 19.4 Å². The Hall–Kier alpha value is -2.04. The summed E-state index contributed by atoms with van der Waals surface area (Å²) in [6.07, 6.45) is -0.262. The van der Waals surface area contributed by atoms with E-state index in [-0.39, 0.29) is 19.4 Å². The normalized spacial score (nSPS) is 9.95. The van der Waals surface area contributed by atoms with Crippen molar-refractivity contribution in [2.75, 3.05) is 24.6 Å². The first-order valence-corrected chi connectivity index (χ1v) is 6.31. The number of hydrogen-bond acceptors (Lipinski definition) is 4. The molecule has 0 saturated heterocycles. The van der Waals surface area contributed by atoms with Crippen LogP contribution in [-0.2, 0) is 14.3 Å². The quantitative estimate of drug-likeness (QED) is 0.727. The molecule has 0 aliphatic heterocycles. The number of likely N-dealkylation sites (N-methyl/N-ethyl adjacent to an activating group) is 1. The third kappa shape index (κ3) is 5.90.